The zero-order valence-electron chi connectivity index (χ0n) is 13.7. The monoisotopic (exact) mass is 278 g/mol. The van der Waals surface area contributed by atoms with Crippen LogP contribution in [0.5, 0.6) is 0 Å². The highest BCUT2D eigenvalue weighted by molar-refractivity contribution is 4.86. The summed E-state index contributed by atoms with van der Waals surface area (Å²) in [5.41, 5.74) is 0. The third kappa shape index (κ3) is 4.91. The highest BCUT2D eigenvalue weighted by atomic mass is 16.5. The summed E-state index contributed by atoms with van der Waals surface area (Å²) in [5.74, 6) is 3.02. The second kappa shape index (κ2) is 8.87. The summed E-state index contributed by atoms with van der Waals surface area (Å²) in [4.78, 5) is 0. The van der Waals surface area contributed by atoms with E-state index < -0.39 is 0 Å². The zero-order valence-corrected chi connectivity index (χ0v) is 13.7. The van der Waals surface area contributed by atoms with Gasteiger partial charge >= 0.3 is 0 Å². The Bertz CT molecular complexity index is 267. The summed E-state index contributed by atoms with van der Waals surface area (Å²) in [6, 6.07) is 0. The van der Waals surface area contributed by atoms with Gasteiger partial charge in [0, 0.05) is 6.61 Å². The molecule has 0 aromatic carbocycles. The van der Waals surface area contributed by atoms with Crippen molar-refractivity contribution in [2.75, 3.05) is 6.61 Å². The minimum Gasteiger partial charge on any atom is -0.378 e. The van der Waals surface area contributed by atoms with E-state index in [9.17, 15) is 0 Å². The summed E-state index contributed by atoms with van der Waals surface area (Å²) in [6.45, 7) is 5.31. The average Bonchev–Trinajstić information content (AvgIpc) is 2.52. The minimum atomic E-state index is 0.581. The molecule has 2 saturated carbocycles. The fourth-order valence-corrected chi connectivity index (χ4v) is 4.24. The third-order valence-electron chi connectivity index (χ3n) is 5.54. The van der Waals surface area contributed by atoms with Crippen molar-refractivity contribution in [1.29, 1.82) is 0 Å². The Kier molecular flexibility index (Phi) is 7.13. The van der Waals surface area contributed by atoms with Crippen molar-refractivity contribution >= 4 is 0 Å². The molecule has 0 heterocycles. The van der Waals surface area contributed by atoms with Gasteiger partial charge in [-0.2, -0.15) is 0 Å². The van der Waals surface area contributed by atoms with Gasteiger partial charge in [-0.25, -0.2) is 0 Å². The standard InChI is InChI=1S/C19H34O/c1-3-5-6-16-7-9-17(10-8-16)18-11-13-19(14-12-18)20-15-4-2/h3,5,16-19H,4,6-15H2,1-2H3. The fourth-order valence-electron chi connectivity index (χ4n) is 4.24. The third-order valence-corrected chi connectivity index (χ3v) is 5.54. The lowest BCUT2D eigenvalue weighted by Gasteiger charge is -2.37. The molecule has 0 saturated heterocycles. The lowest BCUT2D eigenvalue weighted by Crippen LogP contribution is -2.28. The Labute approximate surface area is 126 Å². The first-order valence-corrected chi connectivity index (χ1v) is 9.06. The van der Waals surface area contributed by atoms with Crippen LogP contribution in [-0.2, 0) is 4.74 Å². The van der Waals surface area contributed by atoms with Crippen LogP contribution in [0.25, 0.3) is 0 Å². The molecule has 0 aliphatic heterocycles. The van der Waals surface area contributed by atoms with Crippen LogP contribution in [0.3, 0.4) is 0 Å². The second-order valence-electron chi connectivity index (χ2n) is 6.99. The van der Waals surface area contributed by atoms with Crippen LogP contribution >= 0.6 is 0 Å². The summed E-state index contributed by atoms with van der Waals surface area (Å²) in [7, 11) is 0. The van der Waals surface area contributed by atoms with E-state index in [1.807, 2.05) is 0 Å². The maximum absolute atomic E-state index is 5.92. The smallest absolute Gasteiger partial charge is 0.0575 e. The van der Waals surface area contributed by atoms with Crippen LogP contribution in [0, 0.1) is 17.8 Å². The van der Waals surface area contributed by atoms with E-state index in [4.69, 9.17) is 4.74 Å². The van der Waals surface area contributed by atoms with E-state index >= 15 is 0 Å². The van der Waals surface area contributed by atoms with Gasteiger partial charge in [0.15, 0.2) is 0 Å². The van der Waals surface area contributed by atoms with E-state index in [1.54, 1.807) is 0 Å². The largest absolute Gasteiger partial charge is 0.378 e. The molecule has 1 nitrogen and oxygen atoms in total. The van der Waals surface area contributed by atoms with E-state index in [1.165, 1.54) is 57.8 Å². The van der Waals surface area contributed by atoms with E-state index in [-0.39, 0.29) is 0 Å². The van der Waals surface area contributed by atoms with E-state index in [2.05, 4.69) is 26.0 Å². The Morgan fingerprint density at radius 2 is 1.50 bits per heavy atom. The van der Waals surface area contributed by atoms with Gasteiger partial charge in [0.2, 0.25) is 0 Å². The van der Waals surface area contributed by atoms with Crippen molar-refractivity contribution in [1.82, 2.24) is 0 Å². The number of hydrogen-bond acceptors (Lipinski definition) is 1. The van der Waals surface area contributed by atoms with Gasteiger partial charge in [0.1, 0.15) is 0 Å². The van der Waals surface area contributed by atoms with Crippen LogP contribution in [0.1, 0.15) is 78.1 Å². The quantitative estimate of drug-likeness (QED) is 0.562. The van der Waals surface area contributed by atoms with Crippen LogP contribution in [0.4, 0.5) is 0 Å². The molecule has 2 fully saturated rings. The van der Waals surface area contributed by atoms with Gasteiger partial charge in [-0.1, -0.05) is 19.1 Å². The first-order chi connectivity index (χ1) is 9.83. The Hall–Kier alpha value is -0.300. The van der Waals surface area contributed by atoms with Crippen molar-refractivity contribution < 1.29 is 4.74 Å². The molecule has 0 aromatic rings. The van der Waals surface area contributed by atoms with Gasteiger partial charge in [-0.3, -0.25) is 0 Å². The molecule has 2 aliphatic carbocycles. The lowest BCUT2D eigenvalue weighted by atomic mass is 9.70. The molecule has 0 bridgehead atoms. The molecular formula is C19H34O. The molecule has 0 radical (unpaired) electrons. The molecule has 0 amide bonds. The number of allylic oxidation sites excluding steroid dienone is 2. The van der Waals surface area contributed by atoms with E-state index in [0.717, 1.165) is 30.8 Å². The van der Waals surface area contributed by atoms with Gasteiger partial charge in [0.05, 0.1) is 6.10 Å². The molecule has 0 unspecified atom stereocenters. The van der Waals surface area contributed by atoms with Crippen molar-refractivity contribution in [2.45, 2.75) is 84.2 Å². The normalized spacial score (nSPS) is 35.5. The van der Waals surface area contributed by atoms with Gasteiger partial charge in [0.25, 0.3) is 0 Å². The maximum Gasteiger partial charge on any atom is 0.0575 e. The van der Waals surface area contributed by atoms with Crippen molar-refractivity contribution in [3.8, 4) is 0 Å². The molecule has 2 aliphatic rings. The molecule has 0 aromatic heterocycles. The molecule has 0 atom stereocenters. The molecular weight excluding hydrogens is 244 g/mol. The molecule has 0 spiro atoms. The number of hydrogen-bond donors (Lipinski definition) is 0. The van der Waals surface area contributed by atoms with Crippen LogP contribution in [0.2, 0.25) is 0 Å². The fraction of sp³-hybridized carbons (Fsp3) is 0.895. The summed E-state index contributed by atoms with van der Waals surface area (Å²) < 4.78 is 5.92. The van der Waals surface area contributed by atoms with Crippen LogP contribution < -0.4 is 0 Å². The van der Waals surface area contributed by atoms with Crippen molar-refractivity contribution in [3.05, 3.63) is 12.2 Å². The highest BCUT2D eigenvalue weighted by Crippen LogP contribution is 2.41. The first-order valence-electron chi connectivity index (χ1n) is 9.06. The number of ether oxygens (including phenoxy) is 1. The Morgan fingerprint density at radius 1 is 0.900 bits per heavy atom. The highest BCUT2D eigenvalue weighted by Gasteiger charge is 2.30. The molecule has 1 heteroatoms. The maximum atomic E-state index is 5.92. The topological polar surface area (TPSA) is 9.23 Å². The predicted octanol–water partition coefficient (Wildman–Crippen LogP) is 5.74. The summed E-state index contributed by atoms with van der Waals surface area (Å²) in [5, 5.41) is 0. The first kappa shape index (κ1) is 16.1. The summed E-state index contributed by atoms with van der Waals surface area (Å²) in [6.07, 6.45) is 19.1. The van der Waals surface area contributed by atoms with E-state index in [0.29, 0.717) is 6.10 Å². The minimum absolute atomic E-state index is 0.581. The Balaban J connectivity index is 1.65. The number of rotatable bonds is 6. The molecule has 2 rings (SSSR count). The predicted molar refractivity (Wildman–Crippen MR) is 86.9 cm³/mol. The second-order valence-corrected chi connectivity index (χ2v) is 6.99. The Morgan fingerprint density at radius 3 is 2.05 bits per heavy atom. The molecule has 20 heavy (non-hydrogen) atoms. The average molecular weight is 278 g/mol. The van der Waals surface area contributed by atoms with Crippen LogP contribution in [-0.4, -0.2) is 12.7 Å². The molecule has 0 N–H and O–H groups in total. The van der Waals surface area contributed by atoms with Crippen molar-refractivity contribution in [2.24, 2.45) is 17.8 Å². The van der Waals surface area contributed by atoms with Crippen molar-refractivity contribution in [3.63, 3.8) is 0 Å². The zero-order chi connectivity index (χ0) is 14.2. The van der Waals surface area contributed by atoms with Gasteiger partial charge < -0.3 is 4.74 Å². The van der Waals surface area contributed by atoms with Gasteiger partial charge in [-0.15, -0.1) is 0 Å². The lowest BCUT2D eigenvalue weighted by molar-refractivity contribution is 0.00744. The summed E-state index contributed by atoms with van der Waals surface area (Å²) >= 11 is 0. The van der Waals surface area contributed by atoms with Gasteiger partial charge in [-0.05, 0) is 88.9 Å². The van der Waals surface area contributed by atoms with Crippen LogP contribution in [0.15, 0.2) is 12.2 Å². The molecule has 116 valence electrons. The SMILES string of the molecule is CC=CCC1CCC(C2CCC(OCCC)CC2)CC1.